The maximum atomic E-state index is 8.64. The Morgan fingerprint density at radius 3 is 2.21 bits per heavy atom. The van der Waals surface area contributed by atoms with Gasteiger partial charge in [-0.05, 0) is 52.8 Å². The van der Waals surface area contributed by atoms with E-state index in [-0.39, 0.29) is 12.6 Å². The van der Waals surface area contributed by atoms with Crippen LogP contribution in [0.1, 0.15) is 28.4 Å². The van der Waals surface area contributed by atoms with Gasteiger partial charge in [0.05, 0.1) is 19.3 Å². The lowest BCUT2D eigenvalue weighted by molar-refractivity contribution is 0.0457. The molecule has 5 heteroatoms. The van der Waals surface area contributed by atoms with E-state index in [4.69, 9.17) is 21.9 Å². The molecule has 142 valence electrons. The van der Waals surface area contributed by atoms with Crippen molar-refractivity contribution in [3.05, 3.63) is 117 Å². The number of rotatable bonds is 9. The molecule has 0 aliphatic carbocycles. The van der Waals surface area contributed by atoms with E-state index in [1.54, 1.807) is 0 Å². The minimum absolute atomic E-state index is 0.228. The lowest BCUT2D eigenvalue weighted by Gasteiger charge is -2.17. The highest BCUT2D eigenvalue weighted by Crippen LogP contribution is 2.23. The first-order valence-corrected chi connectivity index (χ1v) is 9.62. The molecule has 0 bridgehead atoms. The molecule has 0 aliphatic rings. The molecule has 3 aromatic rings. The second-order valence-corrected chi connectivity index (χ2v) is 7.01. The summed E-state index contributed by atoms with van der Waals surface area (Å²) in [6.45, 7) is 0.670. The normalized spacial score (nSPS) is 11.6. The SMILES string of the molecule is [N-]=[N+]=NCC(OCc1ccc(CCc2ccccc2)cc1)c1cccc(Cl)c1. The summed E-state index contributed by atoms with van der Waals surface area (Å²) in [4.78, 5) is 2.85. The van der Waals surface area contributed by atoms with Crippen LogP contribution in [0.2, 0.25) is 5.02 Å². The molecule has 1 unspecified atom stereocenters. The second kappa shape index (κ2) is 10.5. The van der Waals surface area contributed by atoms with Gasteiger partial charge in [0.25, 0.3) is 0 Å². The Labute approximate surface area is 170 Å². The van der Waals surface area contributed by atoms with Gasteiger partial charge in [-0.1, -0.05) is 83.4 Å². The molecule has 0 heterocycles. The number of benzene rings is 3. The van der Waals surface area contributed by atoms with E-state index in [1.165, 1.54) is 11.1 Å². The van der Waals surface area contributed by atoms with Crippen LogP contribution in [0.15, 0.2) is 84.0 Å². The second-order valence-electron chi connectivity index (χ2n) is 6.57. The Kier molecular flexibility index (Phi) is 7.51. The fraction of sp³-hybridized carbons (Fsp3) is 0.217. The van der Waals surface area contributed by atoms with Gasteiger partial charge >= 0.3 is 0 Å². The highest BCUT2D eigenvalue weighted by molar-refractivity contribution is 6.30. The van der Waals surface area contributed by atoms with Crippen LogP contribution >= 0.6 is 11.6 Å². The summed E-state index contributed by atoms with van der Waals surface area (Å²) >= 11 is 6.07. The summed E-state index contributed by atoms with van der Waals surface area (Å²) in [6.07, 6.45) is 1.71. The van der Waals surface area contributed by atoms with E-state index >= 15 is 0 Å². The van der Waals surface area contributed by atoms with E-state index in [2.05, 4.69) is 58.6 Å². The van der Waals surface area contributed by atoms with Gasteiger partial charge in [-0.25, -0.2) is 0 Å². The monoisotopic (exact) mass is 391 g/mol. The molecule has 0 saturated carbocycles. The molecule has 0 N–H and O–H groups in total. The van der Waals surface area contributed by atoms with Crippen molar-refractivity contribution in [3.63, 3.8) is 0 Å². The van der Waals surface area contributed by atoms with E-state index in [9.17, 15) is 0 Å². The molecule has 28 heavy (non-hydrogen) atoms. The van der Waals surface area contributed by atoms with Gasteiger partial charge in [0.1, 0.15) is 0 Å². The van der Waals surface area contributed by atoms with Gasteiger partial charge in [0, 0.05) is 9.93 Å². The lowest BCUT2D eigenvalue weighted by atomic mass is 10.0. The Bertz CT molecular complexity index is 922. The highest BCUT2D eigenvalue weighted by atomic mass is 35.5. The topological polar surface area (TPSA) is 58.0 Å². The Morgan fingerprint density at radius 2 is 1.54 bits per heavy atom. The summed E-state index contributed by atoms with van der Waals surface area (Å²) in [7, 11) is 0. The average molecular weight is 392 g/mol. The quantitative estimate of drug-likeness (QED) is 0.227. The third kappa shape index (κ3) is 6.14. The van der Waals surface area contributed by atoms with E-state index < -0.39 is 0 Å². The van der Waals surface area contributed by atoms with E-state index in [0.29, 0.717) is 11.6 Å². The van der Waals surface area contributed by atoms with Gasteiger partial charge in [-0.3, -0.25) is 0 Å². The van der Waals surface area contributed by atoms with Crippen LogP contribution in [0.3, 0.4) is 0 Å². The first-order valence-electron chi connectivity index (χ1n) is 9.24. The smallest absolute Gasteiger partial charge is 0.0886 e. The molecule has 0 spiro atoms. The Morgan fingerprint density at radius 1 is 0.857 bits per heavy atom. The number of hydrogen-bond acceptors (Lipinski definition) is 2. The van der Waals surface area contributed by atoms with Crippen molar-refractivity contribution < 1.29 is 4.74 Å². The largest absolute Gasteiger partial charge is 0.369 e. The predicted octanol–water partition coefficient (Wildman–Crippen LogP) is 6.69. The Hall–Kier alpha value is -2.78. The molecule has 4 nitrogen and oxygen atoms in total. The zero-order valence-corrected chi connectivity index (χ0v) is 16.3. The number of azide groups is 1. The van der Waals surface area contributed by atoms with Crippen LogP contribution in [0, 0.1) is 0 Å². The van der Waals surface area contributed by atoms with Crippen LogP contribution in [0.5, 0.6) is 0 Å². The zero-order chi connectivity index (χ0) is 19.6. The molecule has 0 radical (unpaired) electrons. The first-order chi connectivity index (χ1) is 13.7. The average Bonchev–Trinajstić information content (AvgIpc) is 2.74. The van der Waals surface area contributed by atoms with Gasteiger partial charge in [-0.2, -0.15) is 0 Å². The predicted molar refractivity (Wildman–Crippen MR) is 113 cm³/mol. The lowest BCUT2D eigenvalue weighted by Crippen LogP contribution is -2.08. The Balaban J connectivity index is 1.58. The molecule has 0 saturated heterocycles. The zero-order valence-electron chi connectivity index (χ0n) is 15.5. The van der Waals surface area contributed by atoms with Crippen LogP contribution in [-0.2, 0) is 24.2 Å². The minimum atomic E-state index is -0.327. The van der Waals surface area contributed by atoms with E-state index in [1.807, 2.05) is 30.3 Å². The third-order valence-corrected chi connectivity index (χ3v) is 4.79. The summed E-state index contributed by atoms with van der Waals surface area (Å²) in [5, 5.41) is 4.30. The van der Waals surface area contributed by atoms with Crippen LogP contribution in [-0.4, -0.2) is 6.54 Å². The summed E-state index contributed by atoms with van der Waals surface area (Å²) in [6, 6.07) is 26.4. The maximum absolute atomic E-state index is 8.64. The number of ether oxygens (including phenoxy) is 1. The van der Waals surface area contributed by atoms with Gasteiger partial charge in [0.2, 0.25) is 0 Å². The number of halogens is 1. The molecule has 3 rings (SSSR count). The summed E-state index contributed by atoms with van der Waals surface area (Å²) in [5.74, 6) is 0. The van der Waals surface area contributed by atoms with Gasteiger partial charge in [0.15, 0.2) is 0 Å². The molecule has 1 atom stereocenters. The van der Waals surface area contributed by atoms with E-state index in [0.717, 1.165) is 24.0 Å². The van der Waals surface area contributed by atoms with Crippen molar-refractivity contribution in [3.8, 4) is 0 Å². The molecule has 0 aromatic heterocycles. The maximum Gasteiger partial charge on any atom is 0.0886 e. The fourth-order valence-electron chi connectivity index (χ4n) is 3.00. The van der Waals surface area contributed by atoms with Crippen LogP contribution in [0.4, 0.5) is 0 Å². The van der Waals surface area contributed by atoms with Crippen molar-refractivity contribution in [2.24, 2.45) is 5.11 Å². The highest BCUT2D eigenvalue weighted by Gasteiger charge is 2.12. The number of nitrogens with zero attached hydrogens (tertiary/aromatic N) is 3. The van der Waals surface area contributed by atoms with Crippen molar-refractivity contribution >= 4 is 11.6 Å². The van der Waals surface area contributed by atoms with Gasteiger partial charge in [-0.15, -0.1) is 0 Å². The van der Waals surface area contributed by atoms with Crippen molar-refractivity contribution in [2.45, 2.75) is 25.6 Å². The van der Waals surface area contributed by atoms with Crippen molar-refractivity contribution in [2.75, 3.05) is 6.54 Å². The van der Waals surface area contributed by atoms with Crippen molar-refractivity contribution in [1.82, 2.24) is 0 Å². The molecular formula is C23H22ClN3O. The number of hydrogen-bond donors (Lipinski definition) is 0. The third-order valence-electron chi connectivity index (χ3n) is 4.55. The van der Waals surface area contributed by atoms with Crippen molar-refractivity contribution in [1.29, 1.82) is 0 Å². The molecule has 0 aliphatic heterocycles. The molecule has 0 fully saturated rings. The molecule has 0 amide bonds. The van der Waals surface area contributed by atoms with Crippen LogP contribution in [0.25, 0.3) is 10.4 Å². The summed E-state index contributed by atoms with van der Waals surface area (Å²) < 4.78 is 6.02. The molecule has 3 aromatic carbocycles. The van der Waals surface area contributed by atoms with Crippen LogP contribution < -0.4 is 0 Å². The first kappa shape index (κ1) is 20.0. The number of aryl methyl sites for hydroxylation is 2. The minimum Gasteiger partial charge on any atom is -0.369 e. The molecular weight excluding hydrogens is 370 g/mol. The van der Waals surface area contributed by atoms with Gasteiger partial charge < -0.3 is 4.74 Å². The summed E-state index contributed by atoms with van der Waals surface area (Å²) in [5.41, 5.74) is 13.3. The standard InChI is InChI=1S/C23H22ClN3O/c24-22-8-4-7-21(15-22)23(16-26-27-25)28-17-20-13-11-19(12-14-20)10-9-18-5-2-1-3-6-18/h1-8,11-15,23H,9-10,16-17H2. The fourth-order valence-corrected chi connectivity index (χ4v) is 3.20.